The number of nitrogens with zero attached hydrogens (tertiary/aromatic N) is 2. The number of rotatable bonds is 5. The minimum absolute atomic E-state index is 0.0573. The Labute approximate surface area is 119 Å². The summed E-state index contributed by atoms with van der Waals surface area (Å²) in [5.74, 6) is 0.634. The van der Waals surface area contributed by atoms with Gasteiger partial charge in [0.15, 0.2) is 11.5 Å². The van der Waals surface area contributed by atoms with Crippen LogP contribution in [-0.2, 0) is 0 Å². The van der Waals surface area contributed by atoms with Gasteiger partial charge in [-0.15, -0.1) is 0 Å². The van der Waals surface area contributed by atoms with Gasteiger partial charge in [-0.05, 0) is 24.6 Å². The number of piperazine rings is 1. The number of nitrogens with one attached hydrogen (secondary N) is 1. The molecule has 0 spiro atoms. The molecular weight excluding hydrogens is 254 g/mol. The highest BCUT2D eigenvalue weighted by Gasteiger charge is 2.22. The van der Waals surface area contributed by atoms with Gasteiger partial charge in [-0.2, -0.15) is 5.26 Å². The maximum absolute atomic E-state index is 9.77. The molecule has 1 heterocycles. The van der Waals surface area contributed by atoms with Gasteiger partial charge in [-0.3, -0.25) is 4.90 Å². The molecule has 0 unspecified atom stereocenters. The molecule has 1 aromatic rings. The maximum atomic E-state index is 9.77. The number of hydrogen-bond acceptors (Lipinski definition) is 5. The Morgan fingerprint density at radius 3 is 2.85 bits per heavy atom. The third-order valence-electron chi connectivity index (χ3n) is 3.55. The van der Waals surface area contributed by atoms with Crippen LogP contribution in [-0.4, -0.2) is 42.8 Å². The van der Waals surface area contributed by atoms with Crippen molar-refractivity contribution in [3.63, 3.8) is 0 Å². The third kappa shape index (κ3) is 3.41. The minimum Gasteiger partial charge on any atom is -0.504 e. The summed E-state index contributed by atoms with van der Waals surface area (Å²) in [4.78, 5) is 2.31. The molecule has 2 N–H and O–H groups in total. The molecule has 0 amide bonds. The Bertz CT molecular complexity index is 478. The lowest BCUT2D eigenvalue weighted by molar-refractivity contribution is 0.175. The van der Waals surface area contributed by atoms with E-state index < -0.39 is 0 Å². The largest absolute Gasteiger partial charge is 0.504 e. The van der Waals surface area contributed by atoms with Gasteiger partial charge in [0.05, 0.1) is 19.1 Å². The summed E-state index contributed by atoms with van der Waals surface area (Å²) in [5, 5.41) is 22.2. The molecular formula is C15H21N3O2. The van der Waals surface area contributed by atoms with Gasteiger partial charge in [0.25, 0.3) is 0 Å². The van der Waals surface area contributed by atoms with Crippen LogP contribution in [0.5, 0.6) is 11.5 Å². The van der Waals surface area contributed by atoms with Crippen LogP contribution in [0, 0.1) is 11.3 Å². The molecule has 0 radical (unpaired) electrons. The molecule has 0 aliphatic carbocycles. The molecule has 108 valence electrons. The van der Waals surface area contributed by atoms with Crippen LogP contribution in [0.2, 0.25) is 0 Å². The first kappa shape index (κ1) is 14.6. The van der Waals surface area contributed by atoms with E-state index >= 15 is 0 Å². The van der Waals surface area contributed by atoms with Crippen molar-refractivity contribution in [3.05, 3.63) is 23.8 Å². The van der Waals surface area contributed by atoms with Crippen LogP contribution in [0.15, 0.2) is 18.2 Å². The number of benzene rings is 1. The fraction of sp³-hybridized carbons (Fsp3) is 0.533. The normalized spacial score (nSPS) is 17.4. The fourth-order valence-corrected chi connectivity index (χ4v) is 2.55. The van der Waals surface area contributed by atoms with Gasteiger partial charge in [0, 0.05) is 32.2 Å². The Balaban J connectivity index is 2.24. The first-order valence-corrected chi connectivity index (χ1v) is 7.03. The third-order valence-corrected chi connectivity index (χ3v) is 3.55. The van der Waals surface area contributed by atoms with Crippen molar-refractivity contribution in [2.75, 3.05) is 32.8 Å². The van der Waals surface area contributed by atoms with Gasteiger partial charge < -0.3 is 15.2 Å². The molecule has 0 aromatic heterocycles. The van der Waals surface area contributed by atoms with E-state index in [2.05, 4.69) is 16.3 Å². The first-order chi connectivity index (χ1) is 9.76. The second kappa shape index (κ2) is 7.13. The summed E-state index contributed by atoms with van der Waals surface area (Å²) in [6.45, 7) is 6.13. The minimum atomic E-state index is 0.0573. The fourth-order valence-electron chi connectivity index (χ4n) is 2.55. The maximum Gasteiger partial charge on any atom is 0.161 e. The quantitative estimate of drug-likeness (QED) is 0.855. The number of aromatic hydroxyl groups is 1. The molecule has 20 heavy (non-hydrogen) atoms. The van der Waals surface area contributed by atoms with Crippen molar-refractivity contribution in [1.82, 2.24) is 10.2 Å². The highest BCUT2D eigenvalue weighted by atomic mass is 16.5. The predicted octanol–water partition coefficient (Wildman–Crippen LogP) is 1.65. The van der Waals surface area contributed by atoms with E-state index in [9.17, 15) is 5.11 Å². The molecule has 1 fully saturated rings. The van der Waals surface area contributed by atoms with E-state index in [1.54, 1.807) is 6.07 Å². The van der Waals surface area contributed by atoms with Crippen molar-refractivity contribution in [2.45, 2.75) is 19.4 Å². The summed E-state index contributed by atoms with van der Waals surface area (Å²) in [5.41, 5.74) is 1.02. The van der Waals surface area contributed by atoms with Gasteiger partial charge in [0.1, 0.15) is 0 Å². The molecule has 1 saturated heterocycles. The van der Waals surface area contributed by atoms with Crippen LogP contribution in [0.1, 0.15) is 24.9 Å². The van der Waals surface area contributed by atoms with Crippen molar-refractivity contribution >= 4 is 0 Å². The van der Waals surface area contributed by atoms with E-state index in [0.717, 1.165) is 31.7 Å². The average molecular weight is 275 g/mol. The number of nitriles is 1. The summed E-state index contributed by atoms with van der Waals surface area (Å²) in [6.07, 6.45) is 0.441. The molecule has 0 saturated carbocycles. The smallest absolute Gasteiger partial charge is 0.161 e. The molecule has 5 nitrogen and oxygen atoms in total. The van der Waals surface area contributed by atoms with E-state index in [1.165, 1.54) is 0 Å². The number of phenols is 1. The number of phenolic OH excluding ortho intramolecular Hbond substituents is 1. The molecule has 5 heteroatoms. The van der Waals surface area contributed by atoms with Gasteiger partial charge in [-0.25, -0.2) is 0 Å². The van der Waals surface area contributed by atoms with E-state index in [-0.39, 0.29) is 11.8 Å². The van der Waals surface area contributed by atoms with Crippen molar-refractivity contribution in [3.8, 4) is 17.6 Å². The zero-order valence-corrected chi connectivity index (χ0v) is 11.8. The van der Waals surface area contributed by atoms with E-state index in [0.29, 0.717) is 18.8 Å². The molecule has 1 aliphatic heterocycles. The second-order valence-electron chi connectivity index (χ2n) is 4.82. The van der Waals surface area contributed by atoms with E-state index in [1.807, 2.05) is 19.1 Å². The average Bonchev–Trinajstić information content (AvgIpc) is 2.48. The van der Waals surface area contributed by atoms with Crippen LogP contribution < -0.4 is 10.1 Å². The van der Waals surface area contributed by atoms with Crippen LogP contribution in [0.25, 0.3) is 0 Å². The Hall–Kier alpha value is -1.77. The highest BCUT2D eigenvalue weighted by Crippen LogP contribution is 2.32. The summed E-state index contributed by atoms with van der Waals surface area (Å²) in [6, 6.07) is 7.69. The topological polar surface area (TPSA) is 68.5 Å². The zero-order valence-electron chi connectivity index (χ0n) is 11.8. The number of hydrogen-bond donors (Lipinski definition) is 2. The Morgan fingerprint density at radius 1 is 1.45 bits per heavy atom. The predicted molar refractivity (Wildman–Crippen MR) is 76.7 cm³/mol. The van der Waals surface area contributed by atoms with Gasteiger partial charge in [0.2, 0.25) is 0 Å². The first-order valence-electron chi connectivity index (χ1n) is 7.03. The summed E-state index contributed by atoms with van der Waals surface area (Å²) in [7, 11) is 0. The van der Waals surface area contributed by atoms with Gasteiger partial charge >= 0.3 is 0 Å². The summed E-state index contributed by atoms with van der Waals surface area (Å²) >= 11 is 0. The van der Waals surface area contributed by atoms with E-state index in [4.69, 9.17) is 10.00 Å². The SMILES string of the molecule is CCOc1cc([C@@H](CC#N)N2CCNCC2)ccc1O. The van der Waals surface area contributed by atoms with Crippen LogP contribution in [0.4, 0.5) is 0 Å². The van der Waals surface area contributed by atoms with Gasteiger partial charge in [-0.1, -0.05) is 6.07 Å². The summed E-state index contributed by atoms with van der Waals surface area (Å²) < 4.78 is 5.43. The molecule has 2 rings (SSSR count). The lowest BCUT2D eigenvalue weighted by atomic mass is 10.0. The molecule has 0 bridgehead atoms. The number of ether oxygens (including phenoxy) is 1. The lowest BCUT2D eigenvalue weighted by Gasteiger charge is -2.34. The standard InChI is InChI=1S/C15H21N3O2/c1-2-20-15-11-12(3-4-14(15)19)13(5-6-16)18-9-7-17-8-10-18/h3-4,11,13,17,19H,2,5,7-10H2,1H3/t13-/m1/s1. The Kier molecular flexibility index (Phi) is 5.22. The Morgan fingerprint density at radius 2 is 2.20 bits per heavy atom. The highest BCUT2D eigenvalue weighted by molar-refractivity contribution is 5.43. The van der Waals surface area contributed by atoms with Crippen molar-refractivity contribution in [1.29, 1.82) is 5.26 Å². The van der Waals surface area contributed by atoms with Crippen LogP contribution >= 0.6 is 0 Å². The molecule has 1 aliphatic rings. The van der Waals surface area contributed by atoms with Crippen LogP contribution in [0.3, 0.4) is 0 Å². The monoisotopic (exact) mass is 275 g/mol. The lowest BCUT2D eigenvalue weighted by Crippen LogP contribution is -2.45. The molecule has 1 aromatic carbocycles. The van der Waals surface area contributed by atoms with Crippen molar-refractivity contribution in [2.24, 2.45) is 0 Å². The molecule has 1 atom stereocenters. The zero-order chi connectivity index (χ0) is 14.4. The van der Waals surface area contributed by atoms with Crippen molar-refractivity contribution < 1.29 is 9.84 Å². The second-order valence-corrected chi connectivity index (χ2v) is 4.82.